The predicted octanol–water partition coefficient (Wildman–Crippen LogP) is 1.24. The molecule has 0 saturated heterocycles. The molecular weight excluding hydrogens is 240 g/mol. The summed E-state index contributed by atoms with van der Waals surface area (Å²) in [6, 6.07) is -1.11. The second kappa shape index (κ2) is 6.12. The van der Waals surface area contributed by atoms with Gasteiger partial charge in [-0.3, -0.25) is 10.7 Å². The monoisotopic (exact) mass is 247 g/mol. The van der Waals surface area contributed by atoms with Gasteiger partial charge in [-0.25, -0.2) is 4.79 Å². The van der Waals surface area contributed by atoms with Gasteiger partial charge in [0.1, 0.15) is 10.3 Å². The molecule has 0 heterocycles. The van der Waals surface area contributed by atoms with E-state index in [1.165, 1.54) is 7.11 Å². The van der Waals surface area contributed by atoms with Crippen LogP contribution >= 0.6 is 34.8 Å². The normalized spacial score (nSPS) is 12.1. The van der Waals surface area contributed by atoms with Gasteiger partial charge in [0.05, 0.1) is 7.11 Å². The lowest BCUT2D eigenvalue weighted by Gasteiger charge is -2.12. The summed E-state index contributed by atoms with van der Waals surface area (Å²) in [5.74, 6) is 0. The van der Waals surface area contributed by atoms with E-state index in [1.54, 1.807) is 0 Å². The number of urea groups is 1. The molecule has 0 aliphatic carbocycles. The SMILES string of the molecule is COC(=N)NC(=O)NC(Cl)C(Cl)Cl. The van der Waals surface area contributed by atoms with Crippen LogP contribution in [0.25, 0.3) is 0 Å². The average Bonchev–Trinajstić information content (AvgIpc) is 2.03. The number of ether oxygens (including phenoxy) is 1. The van der Waals surface area contributed by atoms with E-state index in [0.717, 1.165) is 0 Å². The van der Waals surface area contributed by atoms with Crippen molar-refractivity contribution >= 4 is 46.9 Å². The van der Waals surface area contributed by atoms with Gasteiger partial charge in [0, 0.05) is 0 Å². The molecular formula is C5H8Cl3N3O2. The lowest BCUT2D eigenvalue weighted by Crippen LogP contribution is -2.44. The Kier molecular flexibility index (Phi) is 5.94. The van der Waals surface area contributed by atoms with Crippen molar-refractivity contribution in [1.29, 1.82) is 5.41 Å². The Bertz CT molecular complexity index is 199. The lowest BCUT2D eigenvalue weighted by molar-refractivity contribution is 0.241. The summed E-state index contributed by atoms with van der Waals surface area (Å²) < 4.78 is 4.37. The standard InChI is InChI=1S/C5H8Cl3N3O2/c1-13-4(9)11-5(12)10-3(8)2(6)7/h2-3H,1H3,(H3,9,10,11,12). The van der Waals surface area contributed by atoms with E-state index in [2.05, 4.69) is 10.1 Å². The zero-order chi connectivity index (χ0) is 10.4. The molecule has 13 heavy (non-hydrogen) atoms. The van der Waals surface area contributed by atoms with Crippen molar-refractivity contribution in [3.05, 3.63) is 0 Å². The van der Waals surface area contributed by atoms with Gasteiger partial charge in [0.15, 0.2) is 0 Å². The summed E-state index contributed by atoms with van der Waals surface area (Å²) in [5.41, 5.74) is -0.923. The van der Waals surface area contributed by atoms with E-state index in [-0.39, 0.29) is 0 Å². The molecule has 8 heteroatoms. The van der Waals surface area contributed by atoms with Crippen molar-refractivity contribution < 1.29 is 9.53 Å². The molecule has 2 amide bonds. The molecule has 0 aromatic carbocycles. The first-order chi connectivity index (χ1) is 5.97. The number of halogens is 3. The zero-order valence-corrected chi connectivity index (χ0v) is 8.87. The Hall–Kier alpha value is -0.390. The molecule has 0 fully saturated rings. The molecule has 1 unspecified atom stereocenters. The van der Waals surface area contributed by atoms with Crippen LogP contribution in [0.5, 0.6) is 0 Å². The highest BCUT2D eigenvalue weighted by Crippen LogP contribution is 2.10. The fraction of sp³-hybridized carbons (Fsp3) is 0.600. The van der Waals surface area contributed by atoms with Crippen LogP contribution in [-0.2, 0) is 4.74 Å². The maximum Gasteiger partial charge on any atom is 0.324 e. The summed E-state index contributed by atoms with van der Waals surface area (Å²) in [6.45, 7) is 0. The zero-order valence-electron chi connectivity index (χ0n) is 6.61. The minimum absolute atomic E-state index is 0.401. The molecule has 0 spiro atoms. The summed E-state index contributed by atoms with van der Waals surface area (Å²) >= 11 is 16.2. The first-order valence-corrected chi connectivity index (χ1v) is 4.40. The average molecular weight is 248 g/mol. The number of rotatable bonds is 2. The number of carbonyl (C=O) groups excluding carboxylic acids is 1. The molecule has 3 N–H and O–H groups in total. The van der Waals surface area contributed by atoms with Crippen LogP contribution in [0.3, 0.4) is 0 Å². The molecule has 0 saturated carbocycles. The Morgan fingerprint density at radius 3 is 2.38 bits per heavy atom. The van der Waals surface area contributed by atoms with Crippen molar-refractivity contribution in [3.63, 3.8) is 0 Å². The molecule has 0 rings (SSSR count). The maximum atomic E-state index is 10.9. The van der Waals surface area contributed by atoms with Crippen molar-refractivity contribution in [2.24, 2.45) is 0 Å². The van der Waals surface area contributed by atoms with Gasteiger partial charge in [-0.2, -0.15) is 0 Å². The quantitative estimate of drug-likeness (QED) is 0.298. The molecule has 0 aliphatic heterocycles. The second-order valence-corrected chi connectivity index (χ2v) is 3.50. The predicted molar refractivity (Wildman–Crippen MR) is 51.5 cm³/mol. The van der Waals surface area contributed by atoms with E-state index >= 15 is 0 Å². The minimum atomic E-state index is -0.927. The van der Waals surface area contributed by atoms with Crippen molar-refractivity contribution in [2.45, 2.75) is 10.3 Å². The highest BCUT2D eigenvalue weighted by molar-refractivity contribution is 6.48. The molecule has 5 nitrogen and oxygen atoms in total. The third-order valence-electron chi connectivity index (χ3n) is 0.921. The highest BCUT2D eigenvalue weighted by Gasteiger charge is 2.16. The van der Waals surface area contributed by atoms with Crippen LogP contribution in [0.4, 0.5) is 4.79 Å². The number of nitrogens with one attached hydrogen (secondary N) is 3. The first kappa shape index (κ1) is 12.6. The summed E-state index contributed by atoms with van der Waals surface area (Å²) in [4.78, 5) is 9.96. The number of hydrogen-bond donors (Lipinski definition) is 3. The fourth-order valence-corrected chi connectivity index (χ4v) is 0.604. The number of amides is 2. The fourth-order valence-electron chi connectivity index (χ4n) is 0.378. The summed E-state index contributed by atoms with van der Waals surface area (Å²) in [5, 5.41) is 11.1. The number of hydrogen-bond acceptors (Lipinski definition) is 3. The van der Waals surface area contributed by atoms with E-state index in [9.17, 15) is 4.79 Å². The van der Waals surface area contributed by atoms with Crippen LogP contribution < -0.4 is 10.6 Å². The number of alkyl halides is 3. The Morgan fingerprint density at radius 2 is 2.00 bits per heavy atom. The van der Waals surface area contributed by atoms with Crippen molar-refractivity contribution in [2.75, 3.05) is 7.11 Å². The van der Waals surface area contributed by atoms with Gasteiger partial charge in [-0.1, -0.05) is 11.6 Å². The highest BCUT2D eigenvalue weighted by atomic mass is 35.5. The molecule has 0 bridgehead atoms. The molecule has 0 aliphatic rings. The first-order valence-electron chi connectivity index (χ1n) is 3.09. The summed E-state index contributed by atoms with van der Waals surface area (Å²) in [6.07, 6.45) is 0. The minimum Gasteiger partial charge on any atom is -0.468 e. The number of carbonyl (C=O) groups is 1. The Morgan fingerprint density at radius 1 is 1.46 bits per heavy atom. The van der Waals surface area contributed by atoms with Crippen molar-refractivity contribution in [3.8, 4) is 0 Å². The van der Waals surface area contributed by atoms with E-state index < -0.39 is 22.4 Å². The third-order valence-corrected chi connectivity index (χ3v) is 2.04. The third kappa shape index (κ3) is 5.79. The van der Waals surface area contributed by atoms with Crippen LogP contribution in [0.1, 0.15) is 0 Å². The van der Waals surface area contributed by atoms with Gasteiger partial charge in [-0.05, 0) is 0 Å². The molecule has 1 atom stereocenters. The number of amidine groups is 1. The van der Waals surface area contributed by atoms with Gasteiger partial charge in [0.2, 0.25) is 0 Å². The van der Waals surface area contributed by atoms with E-state index in [1.807, 2.05) is 5.32 Å². The Balaban J connectivity index is 3.81. The largest absolute Gasteiger partial charge is 0.468 e. The van der Waals surface area contributed by atoms with E-state index in [0.29, 0.717) is 0 Å². The second-order valence-electron chi connectivity index (χ2n) is 1.87. The van der Waals surface area contributed by atoms with Gasteiger partial charge < -0.3 is 10.1 Å². The molecule has 76 valence electrons. The number of methoxy groups -OCH3 is 1. The maximum absolute atomic E-state index is 10.9. The topological polar surface area (TPSA) is 74.2 Å². The summed E-state index contributed by atoms with van der Waals surface area (Å²) in [7, 11) is 1.24. The van der Waals surface area contributed by atoms with Crippen molar-refractivity contribution in [1.82, 2.24) is 10.6 Å². The van der Waals surface area contributed by atoms with Gasteiger partial charge in [-0.15, -0.1) is 23.2 Å². The molecule has 0 aromatic rings. The lowest BCUT2D eigenvalue weighted by atomic mass is 10.7. The molecule has 0 aromatic heterocycles. The van der Waals surface area contributed by atoms with Gasteiger partial charge >= 0.3 is 6.03 Å². The smallest absolute Gasteiger partial charge is 0.324 e. The Labute approximate surface area is 90.2 Å². The molecule has 0 radical (unpaired) electrons. The van der Waals surface area contributed by atoms with Crippen LogP contribution in [0, 0.1) is 5.41 Å². The van der Waals surface area contributed by atoms with Crippen LogP contribution in [-0.4, -0.2) is 29.5 Å². The van der Waals surface area contributed by atoms with Gasteiger partial charge in [0.25, 0.3) is 6.02 Å². The van der Waals surface area contributed by atoms with Crippen LogP contribution in [0.15, 0.2) is 0 Å². The van der Waals surface area contributed by atoms with Crippen LogP contribution in [0.2, 0.25) is 0 Å². The van der Waals surface area contributed by atoms with E-state index in [4.69, 9.17) is 40.2 Å².